The minimum Gasteiger partial charge on any atom is -0.443 e. The van der Waals surface area contributed by atoms with Crippen LogP contribution in [0.25, 0.3) is 5.65 Å². The van der Waals surface area contributed by atoms with Crippen molar-refractivity contribution in [2.24, 2.45) is 5.16 Å². The molecule has 1 aliphatic heterocycles. The number of hydrogen-bond donors (Lipinski definition) is 0. The van der Waals surface area contributed by atoms with Gasteiger partial charge in [-0.2, -0.15) is 0 Å². The number of benzene rings is 2. The highest BCUT2D eigenvalue weighted by Crippen LogP contribution is 2.43. The van der Waals surface area contributed by atoms with Gasteiger partial charge in [0, 0.05) is 11.5 Å². The molecule has 8 heteroatoms. The second-order valence-corrected chi connectivity index (χ2v) is 7.65. The van der Waals surface area contributed by atoms with E-state index in [-0.39, 0.29) is 18.3 Å². The molecule has 0 amide bonds. The van der Waals surface area contributed by atoms with Crippen molar-refractivity contribution in [3.8, 4) is 5.88 Å². The van der Waals surface area contributed by atoms with Crippen LogP contribution < -0.4 is 4.74 Å². The summed E-state index contributed by atoms with van der Waals surface area (Å²) in [5.74, 6) is 0.975. The molecule has 33 heavy (non-hydrogen) atoms. The molecular formula is C25H21N5O3. The van der Waals surface area contributed by atoms with Crippen LogP contribution in [0.15, 0.2) is 83.5 Å². The number of oxime groups is 1. The van der Waals surface area contributed by atoms with E-state index in [1.165, 1.54) is 0 Å². The van der Waals surface area contributed by atoms with Gasteiger partial charge in [-0.05, 0) is 25.0 Å². The Morgan fingerprint density at radius 3 is 2.61 bits per heavy atom. The van der Waals surface area contributed by atoms with Crippen molar-refractivity contribution < 1.29 is 14.4 Å². The molecule has 0 aliphatic carbocycles. The Morgan fingerprint density at radius 2 is 1.88 bits per heavy atom. The topological polar surface area (TPSA) is 91.0 Å². The summed E-state index contributed by atoms with van der Waals surface area (Å²) in [7, 11) is 0. The first-order chi connectivity index (χ1) is 16.1. The average Bonchev–Trinajstić information content (AvgIpc) is 3.25. The van der Waals surface area contributed by atoms with E-state index in [4.69, 9.17) is 9.57 Å². The lowest BCUT2D eigenvalue weighted by Crippen LogP contribution is -2.22. The predicted molar refractivity (Wildman–Crippen MR) is 122 cm³/mol. The van der Waals surface area contributed by atoms with E-state index >= 15 is 0 Å². The molecule has 0 bridgehead atoms. The number of allylic oxidation sites excluding steroid dienone is 2. The van der Waals surface area contributed by atoms with Crippen molar-refractivity contribution >= 4 is 17.6 Å². The summed E-state index contributed by atoms with van der Waals surface area (Å²) in [4.78, 5) is 27.1. The molecular weight excluding hydrogens is 418 g/mol. The SMILES string of the molecule is CC(=O)C1=C(C)Oc2ncn3nc(CO/N=C\c4ccccc4)nc3c2[C@@H]1c1ccccc1. The van der Waals surface area contributed by atoms with Crippen molar-refractivity contribution in [2.75, 3.05) is 0 Å². The lowest BCUT2D eigenvalue weighted by molar-refractivity contribution is -0.114. The first-order valence-electron chi connectivity index (χ1n) is 10.5. The van der Waals surface area contributed by atoms with Crippen LogP contribution in [0.4, 0.5) is 0 Å². The Bertz CT molecular complexity index is 1380. The zero-order valence-electron chi connectivity index (χ0n) is 18.2. The first kappa shape index (κ1) is 20.6. The van der Waals surface area contributed by atoms with Gasteiger partial charge in [-0.15, -0.1) is 5.10 Å². The van der Waals surface area contributed by atoms with E-state index in [0.29, 0.717) is 34.2 Å². The molecule has 0 fully saturated rings. The van der Waals surface area contributed by atoms with Gasteiger partial charge in [0.25, 0.3) is 0 Å². The average molecular weight is 439 g/mol. The standard InChI is InChI=1S/C25H21N5O3/c1-16(31)21-17(2)33-25-23(22(21)19-11-7-4-8-12-19)24-28-20(29-30(24)15-26-25)14-32-27-13-18-9-5-3-6-10-18/h3-13,15,22H,14H2,1-2H3/b27-13-/t22-/m1/s1. The summed E-state index contributed by atoms with van der Waals surface area (Å²) < 4.78 is 7.51. The van der Waals surface area contributed by atoms with Gasteiger partial charge in [-0.3, -0.25) is 4.79 Å². The van der Waals surface area contributed by atoms with Gasteiger partial charge >= 0.3 is 0 Å². The fourth-order valence-electron chi connectivity index (χ4n) is 4.01. The van der Waals surface area contributed by atoms with Crippen molar-refractivity contribution in [2.45, 2.75) is 26.4 Å². The van der Waals surface area contributed by atoms with Gasteiger partial charge in [0.05, 0.1) is 11.8 Å². The molecule has 0 saturated carbocycles. The van der Waals surface area contributed by atoms with Gasteiger partial charge in [0.15, 0.2) is 23.9 Å². The van der Waals surface area contributed by atoms with E-state index in [1.54, 1.807) is 30.9 Å². The van der Waals surface area contributed by atoms with Crippen molar-refractivity contribution in [1.29, 1.82) is 0 Å². The zero-order valence-corrected chi connectivity index (χ0v) is 18.2. The number of nitrogens with zero attached hydrogens (tertiary/aromatic N) is 5. The summed E-state index contributed by atoms with van der Waals surface area (Å²) in [6.45, 7) is 3.42. The monoisotopic (exact) mass is 439 g/mol. The Labute approximate surface area is 190 Å². The summed E-state index contributed by atoms with van der Waals surface area (Å²) in [6.07, 6.45) is 3.18. The number of carbonyl (C=O) groups is 1. The van der Waals surface area contributed by atoms with Gasteiger partial charge in [-0.25, -0.2) is 14.5 Å². The molecule has 0 radical (unpaired) electrons. The van der Waals surface area contributed by atoms with E-state index < -0.39 is 0 Å². The summed E-state index contributed by atoms with van der Waals surface area (Å²) in [5.41, 5.74) is 3.73. The Morgan fingerprint density at radius 1 is 1.15 bits per heavy atom. The molecule has 0 spiro atoms. The molecule has 2 aromatic carbocycles. The van der Waals surface area contributed by atoms with Crippen molar-refractivity contribution in [3.63, 3.8) is 0 Å². The third-order valence-corrected chi connectivity index (χ3v) is 5.42. The number of fused-ring (bicyclic) bond motifs is 3. The molecule has 1 aliphatic rings. The number of Topliss-reactive ketones (excluding diaryl/α,β-unsaturated/α-hetero) is 1. The third kappa shape index (κ3) is 3.98. The van der Waals surface area contributed by atoms with E-state index in [0.717, 1.165) is 11.1 Å². The van der Waals surface area contributed by atoms with E-state index in [1.807, 2.05) is 60.7 Å². The summed E-state index contributed by atoms with van der Waals surface area (Å²) in [5, 5.41) is 8.47. The van der Waals surface area contributed by atoms with Crippen LogP contribution in [-0.4, -0.2) is 31.6 Å². The van der Waals surface area contributed by atoms with Gasteiger partial charge < -0.3 is 9.57 Å². The highest BCUT2D eigenvalue weighted by molar-refractivity contribution is 5.97. The maximum Gasteiger partial charge on any atom is 0.228 e. The highest BCUT2D eigenvalue weighted by Gasteiger charge is 2.35. The number of ether oxygens (including phenoxy) is 1. The fraction of sp³-hybridized carbons (Fsp3) is 0.160. The van der Waals surface area contributed by atoms with Crippen LogP contribution >= 0.6 is 0 Å². The molecule has 0 N–H and O–H groups in total. The third-order valence-electron chi connectivity index (χ3n) is 5.42. The van der Waals surface area contributed by atoms with Crippen LogP contribution in [0.1, 0.15) is 42.3 Å². The van der Waals surface area contributed by atoms with E-state index in [9.17, 15) is 4.79 Å². The number of aromatic nitrogens is 4. The van der Waals surface area contributed by atoms with Gasteiger partial charge in [-0.1, -0.05) is 65.8 Å². The normalized spacial score (nSPS) is 15.5. The number of rotatable bonds is 6. The largest absolute Gasteiger partial charge is 0.443 e. The molecule has 3 heterocycles. The van der Waals surface area contributed by atoms with Crippen molar-refractivity contribution in [1.82, 2.24) is 19.6 Å². The van der Waals surface area contributed by atoms with Crippen LogP contribution in [0.3, 0.4) is 0 Å². The van der Waals surface area contributed by atoms with Crippen LogP contribution in [0.5, 0.6) is 5.88 Å². The number of carbonyl (C=O) groups excluding carboxylic acids is 1. The molecule has 1 atom stereocenters. The highest BCUT2D eigenvalue weighted by atomic mass is 16.6. The van der Waals surface area contributed by atoms with E-state index in [2.05, 4.69) is 20.2 Å². The van der Waals surface area contributed by atoms with Crippen LogP contribution in [0, 0.1) is 0 Å². The Kier molecular flexibility index (Phi) is 5.40. The maximum atomic E-state index is 12.6. The molecule has 8 nitrogen and oxygen atoms in total. The lowest BCUT2D eigenvalue weighted by Gasteiger charge is -2.28. The summed E-state index contributed by atoms with van der Waals surface area (Å²) in [6, 6.07) is 19.5. The summed E-state index contributed by atoms with van der Waals surface area (Å²) >= 11 is 0. The van der Waals surface area contributed by atoms with Gasteiger partial charge in [0.2, 0.25) is 5.88 Å². The predicted octanol–water partition coefficient (Wildman–Crippen LogP) is 4.06. The second-order valence-electron chi connectivity index (χ2n) is 7.65. The first-order valence-corrected chi connectivity index (χ1v) is 10.5. The van der Waals surface area contributed by atoms with Crippen molar-refractivity contribution in [3.05, 3.63) is 101 Å². The molecule has 4 aromatic rings. The maximum absolute atomic E-state index is 12.6. The Balaban J connectivity index is 1.51. The van der Waals surface area contributed by atoms with Crippen LogP contribution in [0.2, 0.25) is 0 Å². The molecule has 164 valence electrons. The number of hydrogen-bond acceptors (Lipinski definition) is 7. The fourth-order valence-corrected chi connectivity index (χ4v) is 4.01. The molecule has 2 aromatic heterocycles. The number of ketones is 1. The second kappa shape index (κ2) is 8.66. The minimum absolute atomic E-state index is 0.0627. The Hall–Kier alpha value is -4.33. The lowest BCUT2D eigenvalue weighted by atomic mass is 9.82. The van der Waals surface area contributed by atoms with Gasteiger partial charge in [0.1, 0.15) is 12.1 Å². The molecule has 0 saturated heterocycles. The minimum atomic E-state index is -0.363. The smallest absolute Gasteiger partial charge is 0.228 e. The quantitative estimate of drug-likeness (QED) is 0.332. The zero-order chi connectivity index (χ0) is 22.8. The molecule has 5 rings (SSSR count). The molecule has 0 unspecified atom stereocenters. The van der Waals surface area contributed by atoms with Crippen LogP contribution in [-0.2, 0) is 16.2 Å².